The van der Waals surface area contributed by atoms with Crippen LogP contribution in [0, 0.1) is 0 Å². The molecule has 0 radical (unpaired) electrons. The fourth-order valence-corrected chi connectivity index (χ4v) is 3.62. The summed E-state index contributed by atoms with van der Waals surface area (Å²) in [5.41, 5.74) is 3.35. The molecule has 0 aliphatic carbocycles. The molecule has 0 atom stereocenters. The Morgan fingerprint density at radius 2 is 1.27 bits per heavy atom. The van der Waals surface area contributed by atoms with Gasteiger partial charge in [0.1, 0.15) is 17.2 Å². The maximum absolute atomic E-state index is 13.5. The highest BCUT2D eigenvalue weighted by atomic mass is 16.5. The average Bonchev–Trinajstić information content (AvgIpc) is 3.08. The number of carbonyl (C=O) groups excluding carboxylic acids is 2. The molecule has 0 fully saturated rings. The van der Waals surface area contributed by atoms with Crippen LogP contribution in [-0.4, -0.2) is 40.1 Å². The van der Waals surface area contributed by atoms with Gasteiger partial charge in [0.05, 0.1) is 25.5 Å². The van der Waals surface area contributed by atoms with E-state index >= 15 is 0 Å². The van der Waals surface area contributed by atoms with Crippen LogP contribution in [0.2, 0.25) is 0 Å². The van der Waals surface area contributed by atoms with E-state index in [2.05, 4.69) is 5.32 Å². The van der Waals surface area contributed by atoms with E-state index in [9.17, 15) is 9.59 Å². The van der Waals surface area contributed by atoms with Crippen LogP contribution in [0.4, 0.5) is 17.1 Å². The normalized spacial score (nSPS) is 13.4. The van der Waals surface area contributed by atoms with Gasteiger partial charge in [-0.15, -0.1) is 0 Å². The van der Waals surface area contributed by atoms with Crippen LogP contribution in [0.15, 0.2) is 78.5 Å². The fourth-order valence-electron chi connectivity index (χ4n) is 3.62. The molecule has 7 heteroatoms. The minimum absolute atomic E-state index is 0.221. The van der Waals surface area contributed by atoms with Crippen molar-refractivity contribution in [2.45, 2.75) is 0 Å². The van der Waals surface area contributed by atoms with Gasteiger partial charge in [0.25, 0.3) is 11.8 Å². The minimum atomic E-state index is -0.423. The van der Waals surface area contributed by atoms with Gasteiger partial charge in [-0.2, -0.15) is 0 Å². The lowest BCUT2D eigenvalue weighted by atomic mass is 10.0. The Bertz CT molecular complexity index is 1200. The largest absolute Gasteiger partial charge is 0.497 e. The molecule has 0 bridgehead atoms. The van der Waals surface area contributed by atoms with E-state index in [-0.39, 0.29) is 5.70 Å². The first-order chi connectivity index (χ1) is 15.9. The van der Waals surface area contributed by atoms with E-state index < -0.39 is 11.8 Å². The summed E-state index contributed by atoms with van der Waals surface area (Å²) < 4.78 is 10.4. The highest BCUT2D eigenvalue weighted by Gasteiger charge is 2.40. The summed E-state index contributed by atoms with van der Waals surface area (Å²) in [7, 11) is 7.06. The van der Waals surface area contributed by atoms with Crippen molar-refractivity contribution in [3.05, 3.63) is 84.1 Å². The van der Waals surface area contributed by atoms with Crippen molar-refractivity contribution in [3.8, 4) is 11.5 Å². The number of methoxy groups -OCH3 is 2. The molecule has 0 aromatic heterocycles. The van der Waals surface area contributed by atoms with Crippen molar-refractivity contribution in [2.24, 2.45) is 0 Å². The molecule has 0 unspecified atom stereocenters. The molecule has 1 aliphatic rings. The topological polar surface area (TPSA) is 71.1 Å². The molecule has 0 saturated heterocycles. The van der Waals surface area contributed by atoms with Gasteiger partial charge in [0.15, 0.2) is 0 Å². The second-order valence-electron chi connectivity index (χ2n) is 7.69. The zero-order valence-electron chi connectivity index (χ0n) is 19.0. The number of nitrogens with zero attached hydrogens (tertiary/aromatic N) is 2. The second kappa shape index (κ2) is 9.08. The predicted molar refractivity (Wildman–Crippen MR) is 130 cm³/mol. The molecule has 1 aliphatic heterocycles. The maximum Gasteiger partial charge on any atom is 0.282 e. The average molecular weight is 444 g/mol. The lowest BCUT2D eigenvalue weighted by molar-refractivity contribution is -0.120. The Morgan fingerprint density at radius 1 is 0.727 bits per heavy atom. The van der Waals surface area contributed by atoms with Crippen molar-refractivity contribution in [1.29, 1.82) is 0 Å². The fraction of sp³-hybridized carbons (Fsp3) is 0.154. The first kappa shape index (κ1) is 22.0. The molecule has 0 saturated carbocycles. The number of rotatable bonds is 7. The van der Waals surface area contributed by atoms with Crippen LogP contribution in [0.5, 0.6) is 11.5 Å². The zero-order chi connectivity index (χ0) is 23.5. The predicted octanol–water partition coefficient (Wildman–Crippen LogP) is 4.17. The smallest absolute Gasteiger partial charge is 0.282 e. The third-order valence-corrected chi connectivity index (χ3v) is 5.45. The number of nitrogens with one attached hydrogen (secondary N) is 1. The summed E-state index contributed by atoms with van der Waals surface area (Å²) in [4.78, 5) is 30.1. The lowest BCUT2D eigenvalue weighted by Crippen LogP contribution is -2.32. The number of anilines is 3. The van der Waals surface area contributed by atoms with Crippen LogP contribution >= 0.6 is 0 Å². The van der Waals surface area contributed by atoms with Gasteiger partial charge < -0.3 is 19.7 Å². The van der Waals surface area contributed by atoms with Gasteiger partial charge in [-0.25, -0.2) is 4.90 Å². The van der Waals surface area contributed by atoms with Gasteiger partial charge in [-0.05, 0) is 66.2 Å². The lowest BCUT2D eigenvalue weighted by Gasteiger charge is -2.16. The third kappa shape index (κ3) is 4.25. The van der Waals surface area contributed by atoms with E-state index in [4.69, 9.17) is 9.47 Å². The molecule has 168 valence electrons. The number of hydrogen-bond donors (Lipinski definition) is 1. The van der Waals surface area contributed by atoms with Crippen molar-refractivity contribution in [2.75, 3.05) is 43.4 Å². The third-order valence-electron chi connectivity index (χ3n) is 5.45. The molecule has 0 spiro atoms. The number of benzene rings is 3. The minimum Gasteiger partial charge on any atom is -0.497 e. The SMILES string of the molecule is COc1ccc(C2=C(Nc3ccc(N(C)C)cc3)C(=O)N(c3ccc(OC)cc3)C2=O)cc1. The Balaban J connectivity index is 1.76. The number of imide groups is 1. The summed E-state index contributed by atoms with van der Waals surface area (Å²) in [6.45, 7) is 0. The quantitative estimate of drug-likeness (QED) is 0.553. The standard InChI is InChI=1S/C26H25N3O4/c1-28(2)19-9-7-18(8-10-19)27-24-23(17-5-13-21(32-3)14-6-17)25(30)29(26(24)31)20-11-15-22(33-4)16-12-20/h5-16,27H,1-4H3. The van der Waals surface area contributed by atoms with Crippen LogP contribution in [0.3, 0.4) is 0 Å². The highest BCUT2D eigenvalue weighted by Crippen LogP contribution is 2.35. The molecule has 2 amide bonds. The van der Waals surface area contributed by atoms with E-state index in [0.29, 0.717) is 34.0 Å². The second-order valence-corrected chi connectivity index (χ2v) is 7.69. The van der Waals surface area contributed by atoms with Crippen molar-refractivity contribution < 1.29 is 19.1 Å². The van der Waals surface area contributed by atoms with E-state index in [1.54, 1.807) is 62.8 Å². The zero-order valence-corrected chi connectivity index (χ0v) is 19.0. The molecule has 7 nitrogen and oxygen atoms in total. The van der Waals surface area contributed by atoms with Crippen LogP contribution in [0.25, 0.3) is 5.57 Å². The summed E-state index contributed by atoms with van der Waals surface area (Å²) in [6, 6.07) is 21.5. The van der Waals surface area contributed by atoms with Gasteiger partial charge in [0, 0.05) is 25.5 Å². The van der Waals surface area contributed by atoms with Crippen LogP contribution in [-0.2, 0) is 9.59 Å². The highest BCUT2D eigenvalue weighted by molar-refractivity contribution is 6.46. The molecule has 33 heavy (non-hydrogen) atoms. The van der Waals surface area contributed by atoms with Gasteiger partial charge in [-0.1, -0.05) is 12.1 Å². The Hall–Kier alpha value is -4.26. The van der Waals surface area contributed by atoms with Crippen molar-refractivity contribution in [1.82, 2.24) is 0 Å². The number of ether oxygens (including phenoxy) is 2. The number of carbonyl (C=O) groups is 2. The molecular weight excluding hydrogens is 418 g/mol. The Morgan fingerprint density at radius 3 is 1.79 bits per heavy atom. The Labute approximate surface area is 192 Å². The maximum atomic E-state index is 13.5. The van der Waals surface area contributed by atoms with Crippen LogP contribution < -0.4 is 24.6 Å². The molecule has 3 aromatic rings. The van der Waals surface area contributed by atoms with Crippen molar-refractivity contribution >= 4 is 34.4 Å². The summed E-state index contributed by atoms with van der Waals surface area (Å²) in [5, 5.41) is 3.18. The van der Waals surface area contributed by atoms with Crippen LogP contribution in [0.1, 0.15) is 5.56 Å². The molecule has 4 rings (SSSR count). The van der Waals surface area contributed by atoms with E-state index in [0.717, 1.165) is 5.69 Å². The van der Waals surface area contributed by atoms with Gasteiger partial charge in [-0.3, -0.25) is 9.59 Å². The molecule has 3 aromatic carbocycles. The van der Waals surface area contributed by atoms with E-state index in [1.807, 2.05) is 43.3 Å². The summed E-state index contributed by atoms with van der Waals surface area (Å²) in [5.74, 6) is 0.479. The summed E-state index contributed by atoms with van der Waals surface area (Å²) >= 11 is 0. The molecule has 1 N–H and O–H groups in total. The molecule has 1 heterocycles. The van der Waals surface area contributed by atoms with Gasteiger partial charge >= 0.3 is 0 Å². The Kier molecular flexibility index (Phi) is 6.04. The molecular formula is C26H25N3O4. The number of amides is 2. The van der Waals surface area contributed by atoms with Crippen molar-refractivity contribution in [3.63, 3.8) is 0 Å². The van der Waals surface area contributed by atoms with E-state index in [1.165, 1.54) is 4.90 Å². The summed E-state index contributed by atoms with van der Waals surface area (Å²) in [6.07, 6.45) is 0. The van der Waals surface area contributed by atoms with Gasteiger partial charge in [0.2, 0.25) is 0 Å². The first-order valence-corrected chi connectivity index (χ1v) is 10.4. The monoisotopic (exact) mass is 443 g/mol. The number of hydrogen-bond acceptors (Lipinski definition) is 6. The first-order valence-electron chi connectivity index (χ1n) is 10.4.